The molecule has 29 heavy (non-hydrogen) atoms. The lowest BCUT2D eigenvalue weighted by Gasteiger charge is -2.33. The summed E-state index contributed by atoms with van der Waals surface area (Å²) in [5.41, 5.74) is 1.26. The number of aromatic nitrogens is 1. The number of carbonyl (C=O) groups is 1. The Morgan fingerprint density at radius 3 is 2.86 bits per heavy atom. The van der Waals surface area contributed by atoms with Crippen LogP contribution in [0, 0.1) is 18.8 Å². The molecule has 1 saturated heterocycles. The summed E-state index contributed by atoms with van der Waals surface area (Å²) in [5.74, 6) is 0.123. The summed E-state index contributed by atoms with van der Waals surface area (Å²) < 4.78 is 11.9. The molecule has 7 heteroatoms. The fourth-order valence-electron chi connectivity index (χ4n) is 4.24. The number of nitrogens with zero attached hydrogens (tertiary/aromatic N) is 1. The van der Waals surface area contributed by atoms with Crippen LogP contribution in [-0.4, -0.2) is 40.0 Å². The third-order valence-electron chi connectivity index (χ3n) is 5.73. The molecule has 6 nitrogen and oxygen atoms in total. The number of fused-ring (bicyclic) bond motifs is 1. The van der Waals surface area contributed by atoms with Crippen LogP contribution in [0.5, 0.6) is 5.75 Å². The van der Waals surface area contributed by atoms with Crippen molar-refractivity contribution in [3.8, 4) is 5.75 Å². The van der Waals surface area contributed by atoms with Crippen molar-refractivity contribution in [2.24, 2.45) is 11.8 Å². The number of ether oxygens (including phenoxy) is 2. The first-order chi connectivity index (χ1) is 14.0. The SMILES string of the molecule is Cc1ccc(OC/C=C/[C@@H]2[C@H]3CC[C@H](c4nc(C(=O)O)cs4)O[C@H]3C[C@H]2O)cc1. The lowest BCUT2D eigenvalue weighted by atomic mass is 9.86. The quantitative estimate of drug-likeness (QED) is 0.693. The minimum Gasteiger partial charge on any atom is -0.490 e. The molecule has 1 aromatic heterocycles. The molecular formula is C22H25NO5S. The van der Waals surface area contributed by atoms with Crippen molar-refractivity contribution >= 4 is 17.3 Å². The Bertz CT molecular complexity index is 878. The number of carboxylic acids is 1. The van der Waals surface area contributed by atoms with Gasteiger partial charge in [0, 0.05) is 17.7 Å². The zero-order valence-electron chi connectivity index (χ0n) is 16.2. The summed E-state index contributed by atoms with van der Waals surface area (Å²) >= 11 is 1.33. The zero-order valence-corrected chi connectivity index (χ0v) is 17.0. The van der Waals surface area contributed by atoms with Crippen molar-refractivity contribution in [3.05, 3.63) is 58.1 Å². The summed E-state index contributed by atoms with van der Waals surface area (Å²) in [6.07, 6.45) is 5.66. The molecule has 1 aromatic carbocycles. The molecule has 0 unspecified atom stereocenters. The van der Waals surface area contributed by atoms with Crippen LogP contribution in [0.2, 0.25) is 0 Å². The average Bonchev–Trinajstić information content (AvgIpc) is 3.31. The van der Waals surface area contributed by atoms with E-state index in [4.69, 9.17) is 14.6 Å². The molecule has 2 heterocycles. The Labute approximate surface area is 173 Å². The molecule has 2 aromatic rings. The third kappa shape index (κ3) is 4.52. The second-order valence-corrected chi connectivity index (χ2v) is 8.60. The molecule has 1 saturated carbocycles. The first-order valence-electron chi connectivity index (χ1n) is 9.89. The summed E-state index contributed by atoms with van der Waals surface area (Å²) in [5, 5.41) is 21.9. The van der Waals surface area contributed by atoms with Crippen LogP contribution in [0.1, 0.15) is 46.4 Å². The summed E-state index contributed by atoms with van der Waals surface area (Å²) in [6.45, 7) is 2.50. The minimum atomic E-state index is -1.02. The maximum absolute atomic E-state index is 11.0. The van der Waals surface area contributed by atoms with Gasteiger partial charge >= 0.3 is 5.97 Å². The first-order valence-corrected chi connectivity index (χ1v) is 10.8. The van der Waals surface area contributed by atoms with Crippen LogP contribution in [-0.2, 0) is 4.74 Å². The number of aliphatic hydroxyl groups excluding tert-OH is 1. The molecule has 0 bridgehead atoms. The van der Waals surface area contributed by atoms with E-state index >= 15 is 0 Å². The molecule has 1 aliphatic heterocycles. The number of thiazole rings is 1. The fourth-order valence-corrected chi connectivity index (χ4v) is 5.10. The van der Waals surface area contributed by atoms with Gasteiger partial charge in [-0.2, -0.15) is 0 Å². The van der Waals surface area contributed by atoms with Crippen LogP contribution in [0.25, 0.3) is 0 Å². The molecule has 2 fully saturated rings. The molecule has 0 radical (unpaired) electrons. The van der Waals surface area contributed by atoms with E-state index in [0.29, 0.717) is 18.0 Å². The van der Waals surface area contributed by atoms with Gasteiger partial charge in [0.15, 0.2) is 5.69 Å². The highest BCUT2D eigenvalue weighted by atomic mass is 32.1. The van der Waals surface area contributed by atoms with Gasteiger partial charge in [0.2, 0.25) is 0 Å². The number of rotatable bonds is 6. The number of carboxylic acid groups (broad SMARTS) is 1. The normalized spacial score (nSPS) is 29.1. The van der Waals surface area contributed by atoms with E-state index in [1.165, 1.54) is 16.9 Å². The number of hydrogen-bond acceptors (Lipinski definition) is 6. The van der Waals surface area contributed by atoms with Gasteiger partial charge in [-0.15, -0.1) is 11.3 Å². The average molecular weight is 416 g/mol. The molecule has 4 rings (SSSR count). The molecule has 0 spiro atoms. The minimum absolute atomic E-state index is 0.0337. The van der Waals surface area contributed by atoms with Gasteiger partial charge in [-0.1, -0.05) is 29.8 Å². The van der Waals surface area contributed by atoms with E-state index in [1.54, 1.807) is 5.38 Å². The summed E-state index contributed by atoms with van der Waals surface area (Å²) in [6, 6.07) is 7.93. The monoisotopic (exact) mass is 415 g/mol. The fraction of sp³-hybridized carbons (Fsp3) is 0.455. The number of aryl methyl sites for hydroxylation is 1. The predicted molar refractivity (Wildman–Crippen MR) is 109 cm³/mol. The van der Waals surface area contributed by atoms with Gasteiger partial charge in [0.25, 0.3) is 0 Å². The highest BCUT2D eigenvalue weighted by Crippen LogP contribution is 2.46. The topological polar surface area (TPSA) is 88.9 Å². The van der Waals surface area contributed by atoms with Gasteiger partial charge in [-0.3, -0.25) is 0 Å². The van der Waals surface area contributed by atoms with Crippen LogP contribution >= 0.6 is 11.3 Å². The van der Waals surface area contributed by atoms with E-state index in [2.05, 4.69) is 11.1 Å². The predicted octanol–water partition coefficient (Wildman–Crippen LogP) is 4.00. The maximum Gasteiger partial charge on any atom is 0.355 e. The molecule has 154 valence electrons. The Kier molecular flexibility index (Phi) is 5.99. The Morgan fingerprint density at radius 2 is 2.14 bits per heavy atom. The van der Waals surface area contributed by atoms with Gasteiger partial charge in [-0.05, 0) is 37.8 Å². The van der Waals surface area contributed by atoms with Crippen LogP contribution in [0.15, 0.2) is 41.8 Å². The first kappa shape index (κ1) is 20.1. The van der Waals surface area contributed by atoms with Crippen LogP contribution < -0.4 is 4.74 Å². The molecule has 1 aliphatic carbocycles. The number of aliphatic hydroxyl groups is 1. The van der Waals surface area contributed by atoms with Crippen molar-refractivity contribution in [2.45, 2.75) is 44.5 Å². The molecule has 2 aliphatic rings. The van der Waals surface area contributed by atoms with E-state index in [-0.39, 0.29) is 29.7 Å². The zero-order chi connectivity index (χ0) is 20.4. The van der Waals surface area contributed by atoms with E-state index in [9.17, 15) is 9.90 Å². The number of aromatic carboxylic acids is 1. The highest BCUT2D eigenvalue weighted by molar-refractivity contribution is 7.09. The van der Waals surface area contributed by atoms with Gasteiger partial charge < -0.3 is 19.7 Å². The van der Waals surface area contributed by atoms with Gasteiger partial charge in [0.1, 0.15) is 23.5 Å². The van der Waals surface area contributed by atoms with E-state index in [0.717, 1.165) is 18.6 Å². The number of benzene rings is 1. The lowest BCUT2D eigenvalue weighted by molar-refractivity contribution is -0.0767. The number of hydrogen-bond donors (Lipinski definition) is 2. The molecule has 5 atom stereocenters. The Balaban J connectivity index is 1.33. The van der Waals surface area contributed by atoms with Crippen molar-refractivity contribution in [1.29, 1.82) is 0 Å². The second kappa shape index (κ2) is 8.65. The molecular weight excluding hydrogens is 390 g/mol. The second-order valence-electron chi connectivity index (χ2n) is 7.71. The summed E-state index contributed by atoms with van der Waals surface area (Å²) in [4.78, 5) is 15.2. The smallest absolute Gasteiger partial charge is 0.355 e. The van der Waals surface area contributed by atoms with Gasteiger partial charge in [0.05, 0.1) is 12.2 Å². The third-order valence-corrected chi connectivity index (χ3v) is 6.67. The van der Waals surface area contributed by atoms with E-state index < -0.39 is 12.1 Å². The Morgan fingerprint density at radius 1 is 1.34 bits per heavy atom. The molecule has 2 N–H and O–H groups in total. The summed E-state index contributed by atoms with van der Waals surface area (Å²) in [7, 11) is 0. The lowest BCUT2D eigenvalue weighted by Crippen LogP contribution is -2.30. The maximum atomic E-state index is 11.0. The standard InChI is InChI=1S/C22H25NO5S/c1-13-4-6-14(7-5-13)27-10-2-3-15-16-8-9-19(28-20(16)11-18(15)24)21-23-17(12-29-21)22(25)26/h2-7,12,15-16,18-20,24H,8-11H2,1H3,(H,25,26)/b3-2+/t15-,16-,18-,19-,20+/m1/s1. The van der Waals surface area contributed by atoms with E-state index in [1.807, 2.05) is 37.3 Å². The van der Waals surface area contributed by atoms with Crippen molar-refractivity contribution < 1.29 is 24.5 Å². The van der Waals surface area contributed by atoms with Crippen molar-refractivity contribution in [1.82, 2.24) is 4.98 Å². The van der Waals surface area contributed by atoms with Crippen molar-refractivity contribution in [3.63, 3.8) is 0 Å². The molecule has 0 amide bonds. The van der Waals surface area contributed by atoms with Crippen LogP contribution in [0.4, 0.5) is 0 Å². The highest BCUT2D eigenvalue weighted by Gasteiger charge is 2.45. The largest absolute Gasteiger partial charge is 0.490 e. The Hall–Kier alpha value is -2.22. The van der Waals surface area contributed by atoms with Crippen LogP contribution in [0.3, 0.4) is 0 Å². The van der Waals surface area contributed by atoms with Crippen molar-refractivity contribution in [2.75, 3.05) is 6.61 Å². The van der Waals surface area contributed by atoms with Gasteiger partial charge in [-0.25, -0.2) is 9.78 Å².